The van der Waals surface area contributed by atoms with Crippen LogP contribution in [0, 0.1) is 6.92 Å². The van der Waals surface area contributed by atoms with Crippen LogP contribution >= 0.6 is 11.3 Å². The molecule has 1 aromatic carbocycles. The molecule has 0 fully saturated rings. The molecule has 1 N–H and O–H groups in total. The monoisotopic (exact) mass is 299 g/mol. The maximum atomic E-state index is 12.0. The minimum atomic E-state index is -0.185. The summed E-state index contributed by atoms with van der Waals surface area (Å²) in [6.45, 7) is 2.01. The average molecular weight is 299 g/mol. The molecule has 3 rings (SSSR count). The molecular formula is C14H13N5OS. The Bertz CT molecular complexity index is 750. The van der Waals surface area contributed by atoms with Gasteiger partial charge in [0, 0.05) is 5.69 Å². The first-order chi connectivity index (χ1) is 10.2. The van der Waals surface area contributed by atoms with Gasteiger partial charge in [-0.15, -0.1) is 21.5 Å². The maximum absolute atomic E-state index is 12.0. The summed E-state index contributed by atoms with van der Waals surface area (Å²) in [7, 11) is 0. The number of thiophene rings is 1. The molecule has 21 heavy (non-hydrogen) atoms. The molecule has 0 spiro atoms. The first-order valence-corrected chi connectivity index (χ1v) is 7.27. The summed E-state index contributed by atoms with van der Waals surface area (Å²) in [5.74, 6) is 0.351. The number of rotatable bonds is 4. The second kappa shape index (κ2) is 5.84. The largest absolute Gasteiger partial charge is 0.324 e. The molecule has 0 unspecified atom stereocenters. The van der Waals surface area contributed by atoms with Crippen LogP contribution in [0.15, 0.2) is 41.8 Å². The van der Waals surface area contributed by atoms with Crippen molar-refractivity contribution in [3.8, 4) is 10.7 Å². The lowest BCUT2D eigenvalue weighted by molar-refractivity contribution is -0.117. The van der Waals surface area contributed by atoms with Crippen LogP contribution in [0.25, 0.3) is 10.7 Å². The van der Waals surface area contributed by atoms with Crippen molar-refractivity contribution in [2.75, 3.05) is 5.32 Å². The van der Waals surface area contributed by atoms with Crippen molar-refractivity contribution in [2.45, 2.75) is 13.5 Å². The van der Waals surface area contributed by atoms with E-state index in [0.717, 1.165) is 16.1 Å². The lowest BCUT2D eigenvalue weighted by Crippen LogP contribution is -2.20. The van der Waals surface area contributed by atoms with Gasteiger partial charge >= 0.3 is 0 Å². The van der Waals surface area contributed by atoms with E-state index in [9.17, 15) is 4.79 Å². The first-order valence-electron chi connectivity index (χ1n) is 6.39. The topological polar surface area (TPSA) is 72.7 Å². The van der Waals surface area contributed by atoms with E-state index in [2.05, 4.69) is 20.7 Å². The molecule has 6 nitrogen and oxygen atoms in total. The number of nitrogens with one attached hydrogen (secondary N) is 1. The van der Waals surface area contributed by atoms with Crippen molar-refractivity contribution in [3.63, 3.8) is 0 Å². The van der Waals surface area contributed by atoms with Crippen molar-refractivity contribution in [1.82, 2.24) is 20.2 Å². The molecule has 0 saturated carbocycles. The Hall–Kier alpha value is -2.54. The minimum Gasteiger partial charge on any atom is -0.324 e. The third-order valence-corrected chi connectivity index (χ3v) is 3.65. The molecule has 0 radical (unpaired) electrons. The van der Waals surface area contributed by atoms with Crippen molar-refractivity contribution >= 4 is 22.9 Å². The van der Waals surface area contributed by atoms with Crippen molar-refractivity contribution in [2.24, 2.45) is 0 Å². The molecule has 2 heterocycles. The van der Waals surface area contributed by atoms with Crippen molar-refractivity contribution in [3.05, 3.63) is 47.3 Å². The van der Waals surface area contributed by atoms with Gasteiger partial charge in [-0.1, -0.05) is 18.2 Å². The molecule has 0 aliphatic carbocycles. The zero-order valence-electron chi connectivity index (χ0n) is 11.4. The lowest BCUT2D eigenvalue weighted by atomic mass is 10.2. The molecule has 7 heteroatoms. The van der Waals surface area contributed by atoms with Gasteiger partial charge in [0.2, 0.25) is 11.7 Å². The van der Waals surface area contributed by atoms with Gasteiger partial charge < -0.3 is 5.32 Å². The van der Waals surface area contributed by atoms with Crippen LogP contribution in [0.1, 0.15) is 5.56 Å². The molecule has 0 saturated heterocycles. The highest BCUT2D eigenvalue weighted by Gasteiger charge is 2.10. The van der Waals surface area contributed by atoms with Gasteiger partial charge in [-0.3, -0.25) is 4.79 Å². The van der Waals surface area contributed by atoms with Gasteiger partial charge in [0.25, 0.3) is 0 Å². The van der Waals surface area contributed by atoms with Crippen LogP contribution in [0.5, 0.6) is 0 Å². The minimum absolute atomic E-state index is 0.0340. The number of tetrazole rings is 1. The molecule has 106 valence electrons. The number of hydrogen-bond donors (Lipinski definition) is 1. The van der Waals surface area contributed by atoms with E-state index < -0.39 is 0 Å². The predicted octanol–water partition coefficient (Wildman–Crippen LogP) is 2.35. The van der Waals surface area contributed by atoms with Gasteiger partial charge in [0.05, 0.1) is 4.88 Å². The van der Waals surface area contributed by atoms with E-state index in [1.54, 1.807) is 0 Å². The summed E-state index contributed by atoms with van der Waals surface area (Å²) in [5.41, 5.74) is 1.85. The first kappa shape index (κ1) is 13.4. The van der Waals surface area contributed by atoms with Crippen LogP contribution in [0.3, 0.4) is 0 Å². The molecule has 0 aliphatic rings. The third-order valence-electron chi connectivity index (χ3n) is 2.78. The van der Waals surface area contributed by atoms with E-state index in [4.69, 9.17) is 0 Å². The second-order valence-corrected chi connectivity index (χ2v) is 5.49. The van der Waals surface area contributed by atoms with Crippen LogP contribution in [-0.4, -0.2) is 26.1 Å². The summed E-state index contributed by atoms with van der Waals surface area (Å²) in [6.07, 6.45) is 0. The third kappa shape index (κ3) is 3.32. The molecule has 0 bridgehead atoms. The quantitative estimate of drug-likeness (QED) is 0.802. The summed E-state index contributed by atoms with van der Waals surface area (Å²) in [4.78, 5) is 14.2. The maximum Gasteiger partial charge on any atom is 0.248 e. The Balaban J connectivity index is 1.65. The zero-order valence-corrected chi connectivity index (χ0v) is 12.2. The van der Waals surface area contributed by atoms with E-state index >= 15 is 0 Å². The smallest absolute Gasteiger partial charge is 0.248 e. The number of benzene rings is 1. The Kier molecular flexibility index (Phi) is 3.74. The number of anilines is 1. The number of nitrogens with zero attached hydrogens (tertiary/aromatic N) is 4. The Labute approximate surface area is 125 Å². The van der Waals surface area contributed by atoms with E-state index in [1.807, 2.05) is 48.7 Å². The fourth-order valence-electron chi connectivity index (χ4n) is 1.87. The summed E-state index contributed by atoms with van der Waals surface area (Å²) >= 11 is 1.53. The fraction of sp³-hybridized carbons (Fsp3) is 0.143. The fourth-order valence-corrected chi connectivity index (χ4v) is 2.51. The number of amides is 1. The van der Waals surface area contributed by atoms with Crippen LogP contribution in [0.4, 0.5) is 5.69 Å². The van der Waals surface area contributed by atoms with Gasteiger partial charge in [0.15, 0.2) is 0 Å². The van der Waals surface area contributed by atoms with Crippen LogP contribution in [0.2, 0.25) is 0 Å². The van der Waals surface area contributed by atoms with E-state index in [-0.39, 0.29) is 12.5 Å². The Morgan fingerprint density at radius 3 is 3.00 bits per heavy atom. The van der Waals surface area contributed by atoms with Gasteiger partial charge in [-0.05, 0) is 41.3 Å². The number of carbonyl (C=O) groups excluding carboxylic acids is 1. The van der Waals surface area contributed by atoms with Gasteiger partial charge in [-0.2, -0.15) is 4.80 Å². The molecule has 3 aromatic rings. The van der Waals surface area contributed by atoms with Crippen molar-refractivity contribution < 1.29 is 4.79 Å². The van der Waals surface area contributed by atoms with Gasteiger partial charge in [0.1, 0.15) is 6.54 Å². The van der Waals surface area contributed by atoms with Crippen molar-refractivity contribution in [1.29, 1.82) is 0 Å². The summed E-state index contributed by atoms with van der Waals surface area (Å²) in [5, 5.41) is 16.8. The zero-order chi connectivity index (χ0) is 14.7. The highest BCUT2D eigenvalue weighted by Crippen LogP contribution is 2.19. The molecule has 0 aliphatic heterocycles. The normalized spacial score (nSPS) is 10.5. The summed E-state index contributed by atoms with van der Waals surface area (Å²) < 4.78 is 0. The molecule has 2 aromatic heterocycles. The van der Waals surface area contributed by atoms with E-state index in [1.165, 1.54) is 16.1 Å². The molecule has 1 amide bonds. The number of aromatic nitrogens is 4. The Morgan fingerprint density at radius 2 is 2.24 bits per heavy atom. The number of hydrogen-bond acceptors (Lipinski definition) is 5. The van der Waals surface area contributed by atoms with Crippen LogP contribution in [-0.2, 0) is 11.3 Å². The molecule has 0 atom stereocenters. The lowest BCUT2D eigenvalue weighted by Gasteiger charge is -2.04. The molecular weight excluding hydrogens is 286 g/mol. The number of carbonyl (C=O) groups is 1. The van der Waals surface area contributed by atoms with E-state index in [0.29, 0.717) is 5.82 Å². The highest BCUT2D eigenvalue weighted by molar-refractivity contribution is 7.13. The Morgan fingerprint density at radius 1 is 1.33 bits per heavy atom. The highest BCUT2D eigenvalue weighted by atomic mass is 32.1. The SMILES string of the molecule is Cc1cccc(NC(=O)Cn2nnc(-c3cccs3)n2)c1. The second-order valence-electron chi connectivity index (χ2n) is 4.54. The van der Waals surface area contributed by atoms with Gasteiger partial charge in [-0.25, -0.2) is 0 Å². The summed E-state index contributed by atoms with van der Waals surface area (Å²) in [6, 6.07) is 11.5. The van der Waals surface area contributed by atoms with Crippen LogP contribution < -0.4 is 5.32 Å². The average Bonchev–Trinajstić information content (AvgIpc) is 3.08. The number of aryl methyl sites for hydroxylation is 1. The predicted molar refractivity (Wildman–Crippen MR) is 80.9 cm³/mol. The standard InChI is InChI=1S/C14H13N5OS/c1-10-4-2-5-11(8-10)15-13(20)9-19-17-14(16-18-19)12-6-3-7-21-12/h2-8H,9H2,1H3,(H,15,20).